The summed E-state index contributed by atoms with van der Waals surface area (Å²) in [5.41, 5.74) is 0.861. The molecular weight excluding hydrogens is 264 g/mol. The quantitative estimate of drug-likeness (QED) is 0.621. The van der Waals surface area contributed by atoms with Crippen molar-refractivity contribution in [3.05, 3.63) is 34.9 Å². The van der Waals surface area contributed by atoms with E-state index in [1.807, 2.05) is 6.07 Å². The van der Waals surface area contributed by atoms with Gasteiger partial charge < -0.3 is 10.6 Å². The Morgan fingerprint density at radius 2 is 1.89 bits per heavy atom. The maximum atomic E-state index is 11.5. The molecule has 19 heavy (non-hydrogen) atoms. The molecule has 0 fully saturated rings. The van der Waals surface area contributed by atoms with Gasteiger partial charge in [0.25, 0.3) is 0 Å². The Kier molecular flexibility index (Phi) is 6.97. The van der Waals surface area contributed by atoms with E-state index in [1.165, 1.54) is 0 Å². The first kappa shape index (κ1) is 15.5. The Labute approximate surface area is 118 Å². The SMILES string of the molecule is CCCCCNC(=O)C(=O)NCc1cccc(Cl)c1. The van der Waals surface area contributed by atoms with E-state index in [0.29, 0.717) is 18.1 Å². The Bertz CT molecular complexity index is 435. The van der Waals surface area contributed by atoms with Crippen LogP contribution in [0.1, 0.15) is 31.7 Å². The van der Waals surface area contributed by atoms with Crippen molar-refractivity contribution in [1.29, 1.82) is 0 Å². The Balaban J connectivity index is 2.28. The first-order valence-corrected chi connectivity index (χ1v) is 6.81. The fourth-order valence-electron chi connectivity index (χ4n) is 1.57. The molecule has 0 aliphatic carbocycles. The highest BCUT2D eigenvalue weighted by Crippen LogP contribution is 2.10. The molecule has 0 unspecified atom stereocenters. The van der Waals surface area contributed by atoms with Crippen molar-refractivity contribution in [1.82, 2.24) is 10.6 Å². The van der Waals surface area contributed by atoms with E-state index in [1.54, 1.807) is 18.2 Å². The zero-order valence-corrected chi connectivity index (χ0v) is 11.8. The van der Waals surface area contributed by atoms with Crippen LogP contribution in [0, 0.1) is 0 Å². The summed E-state index contributed by atoms with van der Waals surface area (Å²) in [6.07, 6.45) is 3.02. The summed E-state index contributed by atoms with van der Waals surface area (Å²) in [7, 11) is 0. The minimum absolute atomic E-state index is 0.293. The van der Waals surface area contributed by atoms with Crippen molar-refractivity contribution < 1.29 is 9.59 Å². The number of carbonyl (C=O) groups is 2. The average molecular weight is 283 g/mol. The molecule has 2 amide bonds. The van der Waals surface area contributed by atoms with Crippen molar-refractivity contribution in [2.75, 3.05) is 6.54 Å². The van der Waals surface area contributed by atoms with E-state index in [2.05, 4.69) is 17.6 Å². The lowest BCUT2D eigenvalue weighted by atomic mass is 10.2. The van der Waals surface area contributed by atoms with Crippen LogP contribution in [0.15, 0.2) is 24.3 Å². The normalized spacial score (nSPS) is 10.0. The molecular formula is C14H19ClN2O2. The number of amides is 2. The van der Waals surface area contributed by atoms with Gasteiger partial charge in [0, 0.05) is 18.1 Å². The van der Waals surface area contributed by atoms with Crippen molar-refractivity contribution in [3.8, 4) is 0 Å². The second-order valence-corrected chi connectivity index (χ2v) is 4.71. The molecule has 5 heteroatoms. The Morgan fingerprint density at radius 3 is 2.58 bits per heavy atom. The summed E-state index contributed by atoms with van der Waals surface area (Å²) in [5, 5.41) is 5.75. The van der Waals surface area contributed by atoms with E-state index in [9.17, 15) is 9.59 Å². The van der Waals surface area contributed by atoms with Gasteiger partial charge in [0.2, 0.25) is 0 Å². The molecule has 0 aliphatic rings. The maximum Gasteiger partial charge on any atom is 0.309 e. The predicted molar refractivity (Wildman–Crippen MR) is 75.8 cm³/mol. The maximum absolute atomic E-state index is 11.5. The molecule has 0 bridgehead atoms. The largest absolute Gasteiger partial charge is 0.348 e. The van der Waals surface area contributed by atoms with Gasteiger partial charge in [0.15, 0.2) is 0 Å². The van der Waals surface area contributed by atoms with Crippen LogP contribution < -0.4 is 10.6 Å². The molecule has 0 spiro atoms. The highest BCUT2D eigenvalue weighted by Gasteiger charge is 2.11. The Morgan fingerprint density at radius 1 is 1.16 bits per heavy atom. The number of halogens is 1. The van der Waals surface area contributed by atoms with Crippen molar-refractivity contribution in [2.45, 2.75) is 32.7 Å². The number of rotatable bonds is 6. The van der Waals surface area contributed by atoms with Gasteiger partial charge in [-0.25, -0.2) is 0 Å². The smallest absolute Gasteiger partial charge is 0.309 e. The third kappa shape index (κ3) is 6.25. The van der Waals surface area contributed by atoms with Gasteiger partial charge in [-0.05, 0) is 24.1 Å². The fourth-order valence-corrected chi connectivity index (χ4v) is 1.78. The van der Waals surface area contributed by atoms with Crippen molar-refractivity contribution >= 4 is 23.4 Å². The van der Waals surface area contributed by atoms with Gasteiger partial charge in [-0.2, -0.15) is 0 Å². The van der Waals surface area contributed by atoms with Gasteiger partial charge in [0.05, 0.1) is 0 Å². The van der Waals surface area contributed by atoms with Crippen LogP contribution in [0.25, 0.3) is 0 Å². The molecule has 1 rings (SSSR count). The third-order valence-corrected chi connectivity index (χ3v) is 2.85. The number of nitrogens with one attached hydrogen (secondary N) is 2. The molecule has 0 atom stereocenters. The minimum Gasteiger partial charge on any atom is -0.348 e. The predicted octanol–water partition coefficient (Wildman–Crippen LogP) is 2.26. The monoisotopic (exact) mass is 282 g/mol. The van der Waals surface area contributed by atoms with Gasteiger partial charge in [-0.3, -0.25) is 9.59 Å². The molecule has 1 aromatic rings. The highest BCUT2D eigenvalue weighted by molar-refractivity contribution is 6.35. The summed E-state index contributed by atoms with van der Waals surface area (Å²) in [6.45, 7) is 2.92. The van der Waals surface area contributed by atoms with Crippen LogP contribution in [0.5, 0.6) is 0 Å². The molecule has 2 N–H and O–H groups in total. The molecule has 0 saturated heterocycles. The number of unbranched alkanes of at least 4 members (excludes halogenated alkanes) is 2. The van der Waals surface area contributed by atoms with E-state index in [-0.39, 0.29) is 0 Å². The lowest BCUT2D eigenvalue weighted by molar-refractivity contribution is -0.139. The summed E-state index contributed by atoms with van der Waals surface area (Å²) in [4.78, 5) is 23.0. The van der Waals surface area contributed by atoms with Crippen LogP contribution in [-0.2, 0) is 16.1 Å². The summed E-state index contributed by atoms with van der Waals surface area (Å²) in [6, 6.07) is 7.15. The molecule has 0 saturated carbocycles. The van der Waals surface area contributed by atoms with Crippen LogP contribution >= 0.6 is 11.6 Å². The van der Waals surface area contributed by atoms with Gasteiger partial charge in [-0.1, -0.05) is 43.5 Å². The van der Waals surface area contributed by atoms with E-state index in [0.717, 1.165) is 24.8 Å². The van der Waals surface area contributed by atoms with Crippen molar-refractivity contribution in [3.63, 3.8) is 0 Å². The molecule has 104 valence electrons. The number of hydrogen-bond acceptors (Lipinski definition) is 2. The summed E-state index contributed by atoms with van der Waals surface area (Å²) < 4.78 is 0. The average Bonchev–Trinajstić information content (AvgIpc) is 2.41. The topological polar surface area (TPSA) is 58.2 Å². The van der Waals surface area contributed by atoms with Gasteiger partial charge in [0.1, 0.15) is 0 Å². The van der Waals surface area contributed by atoms with E-state index < -0.39 is 11.8 Å². The third-order valence-electron chi connectivity index (χ3n) is 2.61. The second-order valence-electron chi connectivity index (χ2n) is 4.28. The standard InChI is InChI=1S/C14H19ClN2O2/c1-2-3-4-8-16-13(18)14(19)17-10-11-6-5-7-12(15)9-11/h5-7,9H,2-4,8,10H2,1H3,(H,16,18)(H,17,19). The molecule has 1 aromatic carbocycles. The van der Waals surface area contributed by atoms with Crippen molar-refractivity contribution in [2.24, 2.45) is 0 Å². The highest BCUT2D eigenvalue weighted by atomic mass is 35.5. The van der Waals surface area contributed by atoms with Crippen LogP contribution in [0.2, 0.25) is 5.02 Å². The number of hydrogen-bond donors (Lipinski definition) is 2. The fraction of sp³-hybridized carbons (Fsp3) is 0.429. The molecule has 0 aliphatic heterocycles. The Hall–Kier alpha value is -1.55. The van der Waals surface area contributed by atoms with Crippen LogP contribution in [0.4, 0.5) is 0 Å². The zero-order chi connectivity index (χ0) is 14.1. The van der Waals surface area contributed by atoms with E-state index >= 15 is 0 Å². The summed E-state index contributed by atoms with van der Waals surface area (Å²) >= 11 is 5.83. The van der Waals surface area contributed by atoms with Crippen LogP contribution in [-0.4, -0.2) is 18.4 Å². The number of benzene rings is 1. The minimum atomic E-state index is -0.614. The summed E-state index contributed by atoms with van der Waals surface area (Å²) in [5.74, 6) is -1.20. The molecule has 0 aromatic heterocycles. The van der Waals surface area contributed by atoms with E-state index in [4.69, 9.17) is 11.6 Å². The first-order chi connectivity index (χ1) is 9.13. The molecule has 0 radical (unpaired) electrons. The lowest BCUT2D eigenvalue weighted by Crippen LogP contribution is -2.39. The zero-order valence-electron chi connectivity index (χ0n) is 11.0. The van der Waals surface area contributed by atoms with Gasteiger partial charge >= 0.3 is 11.8 Å². The first-order valence-electron chi connectivity index (χ1n) is 6.44. The molecule has 4 nitrogen and oxygen atoms in total. The van der Waals surface area contributed by atoms with Gasteiger partial charge in [-0.15, -0.1) is 0 Å². The second kappa shape index (κ2) is 8.53. The lowest BCUT2D eigenvalue weighted by Gasteiger charge is -2.06. The van der Waals surface area contributed by atoms with Crippen LogP contribution in [0.3, 0.4) is 0 Å². The number of carbonyl (C=O) groups excluding carboxylic acids is 2. The molecule has 0 heterocycles.